The van der Waals surface area contributed by atoms with E-state index in [4.69, 9.17) is 0 Å². The van der Waals surface area contributed by atoms with Crippen molar-refractivity contribution in [3.63, 3.8) is 0 Å². The zero-order chi connectivity index (χ0) is 16.5. The molecule has 1 amide bonds. The lowest BCUT2D eigenvalue weighted by atomic mass is 9.97. The van der Waals surface area contributed by atoms with Gasteiger partial charge in [0, 0.05) is 43.1 Å². The molecule has 3 heterocycles. The number of carbonyl (C=O) groups is 1. The molecule has 2 fully saturated rings. The molecule has 0 radical (unpaired) electrons. The number of likely N-dealkylation sites (tertiary alicyclic amines) is 2. The Morgan fingerprint density at radius 3 is 2.83 bits per heavy atom. The van der Waals surface area contributed by atoms with Crippen LogP contribution in [-0.4, -0.2) is 57.2 Å². The Morgan fingerprint density at radius 2 is 2.08 bits per heavy atom. The predicted octanol–water partition coefficient (Wildman–Crippen LogP) is 2.57. The first-order valence-electron chi connectivity index (χ1n) is 8.87. The number of rotatable bonds is 3. The highest BCUT2D eigenvalue weighted by molar-refractivity contribution is 5.95. The first-order chi connectivity index (χ1) is 11.7. The third kappa shape index (κ3) is 2.84. The van der Waals surface area contributed by atoms with Gasteiger partial charge in [-0.05, 0) is 50.6 Å². The average molecular weight is 324 g/mol. The fraction of sp³-hybridized carbons (Fsp3) is 0.474. The second-order valence-corrected chi connectivity index (χ2v) is 6.95. The van der Waals surface area contributed by atoms with Crippen molar-refractivity contribution >= 4 is 5.91 Å². The van der Waals surface area contributed by atoms with Gasteiger partial charge >= 0.3 is 0 Å². The summed E-state index contributed by atoms with van der Waals surface area (Å²) >= 11 is 0. The summed E-state index contributed by atoms with van der Waals surface area (Å²) < 4.78 is 1.78. The SMILES string of the molecule is C[C@H]1CCCCN1C1CN(C(=O)c2cccc(-n3cccn3)c2)C1. The number of hydrogen-bond acceptors (Lipinski definition) is 3. The number of amides is 1. The summed E-state index contributed by atoms with van der Waals surface area (Å²) in [6.07, 6.45) is 7.56. The molecule has 5 nitrogen and oxygen atoms in total. The zero-order valence-electron chi connectivity index (χ0n) is 14.1. The summed E-state index contributed by atoms with van der Waals surface area (Å²) in [4.78, 5) is 17.3. The van der Waals surface area contributed by atoms with Crippen LogP contribution >= 0.6 is 0 Å². The molecule has 0 bridgehead atoms. The molecule has 2 saturated heterocycles. The van der Waals surface area contributed by atoms with Crippen LogP contribution in [0.5, 0.6) is 0 Å². The highest BCUT2D eigenvalue weighted by Gasteiger charge is 2.37. The molecule has 2 aliphatic heterocycles. The average Bonchev–Trinajstić information content (AvgIpc) is 3.10. The highest BCUT2D eigenvalue weighted by atomic mass is 16.2. The number of benzene rings is 1. The van der Waals surface area contributed by atoms with Gasteiger partial charge in [0.05, 0.1) is 5.69 Å². The molecule has 0 spiro atoms. The Balaban J connectivity index is 1.42. The van der Waals surface area contributed by atoms with E-state index in [1.165, 1.54) is 25.8 Å². The fourth-order valence-electron chi connectivity index (χ4n) is 3.88. The number of hydrogen-bond donors (Lipinski definition) is 0. The molecule has 0 aliphatic carbocycles. The fourth-order valence-corrected chi connectivity index (χ4v) is 3.88. The van der Waals surface area contributed by atoms with E-state index in [0.29, 0.717) is 12.1 Å². The van der Waals surface area contributed by atoms with Gasteiger partial charge in [-0.3, -0.25) is 9.69 Å². The third-order valence-corrected chi connectivity index (χ3v) is 5.33. The van der Waals surface area contributed by atoms with E-state index in [9.17, 15) is 4.79 Å². The van der Waals surface area contributed by atoms with Crippen LogP contribution in [-0.2, 0) is 0 Å². The minimum Gasteiger partial charge on any atom is -0.335 e. The lowest BCUT2D eigenvalue weighted by Crippen LogP contribution is -2.63. The molecule has 1 aromatic heterocycles. The van der Waals surface area contributed by atoms with Gasteiger partial charge in [0.1, 0.15) is 0 Å². The zero-order valence-corrected chi connectivity index (χ0v) is 14.1. The number of carbonyl (C=O) groups excluding carboxylic acids is 1. The summed E-state index contributed by atoms with van der Waals surface area (Å²) in [5, 5.41) is 4.23. The smallest absolute Gasteiger partial charge is 0.254 e. The highest BCUT2D eigenvalue weighted by Crippen LogP contribution is 2.25. The number of piperidine rings is 1. The van der Waals surface area contributed by atoms with Crippen molar-refractivity contribution < 1.29 is 4.79 Å². The number of aromatic nitrogens is 2. The van der Waals surface area contributed by atoms with Gasteiger partial charge in [-0.1, -0.05) is 12.5 Å². The van der Waals surface area contributed by atoms with E-state index >= 15 is 0 Å². The molecular formula is C19H24N4O. The monoisotopic (exact) mass is 324 g/mol. The van der Waals surface area contributed by atoms with Crippen LogP contribution in [0.2, 0.25) is 0 Å². The molecule has 126 valence electrons. The summed E-state index contributed by atoms with van der Waals surface area (Å²) in [6.45, 7) is 5.21. The van der Waals surface area contributed by atoms with Gasteiger partial charge < -0.3 is 4.90 Å². The molecule has 24 heavy (non-hydrogen) atoms. The van der Waals surface area contributed by atoms with Crippen LogP contribution in [0, 0.1) is 0 Å². The summed E-state index contributed by atoms with van der Waals surface area (Å²) in [5.41, 5.74) is 1.67. The Bertz CT molecular complexity index is 706. The summed E-state index contributed by atoms with van der Waals surface area (Å²) in [6, 6.07) is 10.8. The van der Waals surface area contributed by atoms with Gasteiger partial charge in [0.25, 0.3) is 5.91 Å². The summed E-state index contributed by atoms with van der Waals surface area (Å²) in [7, 11) is 0. The van der Waals surface area contributed by atoms with Crippen molar-refractivity contribution in [1.82, 2.24) is 19.6 Å². The quantitative estimate of drug-likeness (QED) is 0.871. The minimum atomic E-state index is 0.130. The molecule has 1 aromatic carbocycles. The molecule has 2 aromatic rings. The topological polar surface area (TPSA) is 41.4 Å². The van der Waals surface area contributed by atoms with Crippen LogP contribution in [0.1, 0.15) is 36.5 Å². The van der Waals surface area contributed by atoms with E-state index in [1.54, 1.807) is 10.9 Å². The minimum absolute atomic E-state index is 0.130. The molecule has 4 rings (SSSR count). The molecule has 0 unspecified atom stereocenters. The normalized spacial score (nSPS) is 22.4. The Hall–Kier alpha value is -2.14. The van der Waals surface area contributed by atoms with E-state index in [0.717, 1.165) is 24.3 Å². The van der Waals surface area contributed by atoms with Gasteiger partial charge in [0.15, 0.2) is 0 Å². The van der Waals surface area contributed by atoms with Gasteiger partial charge in [0.2, 0.25) is 0 Å². The van der Waals surface area contributed by atoms with Crippen molar-refractivity contribution in [3.8, 4) is 5.69 Å². The van der Waals surface area contributed by atoms with Crippen molar-refractivity contribution in [2.24, 2.45) is 0 Å². The van der Waals surface area contributed by atoms with Crippen LogP contribution in [0.15, 0.2) is 42.7 Å². The number of nitrogens with zero attached hydrogens (tertiary/aromatic N) is 4. The summed E-state index contributed by atoms with van der Waals surface area (Å²) in [5.74, 6) is 0.130. The van der Waals surface area contributed by atoms with E-state index in [1.807, 2.05) is 41.4 Å². The van der Waals surface area contributed by atoms with Gasteiger partial charge in [-0.2, -0.15) is 5.10 Å². The maximum Gasteiger partial charge on any atom is 0.254 e. The maximum absolute atomic E-state index is 12.7. The van der Waals surface area contributed by atoms with E-state index < -0.39 is 0 Å². The van der Waals surface area contributed by atoms with Crippen LogP contribution in [0.4, 0.5) is 0 Å². The van der Waals surface area contributed by atoms with Gasteiger partial charge in [-0.15, -0.1) is 0 Å². The molecule has 2 aliphatic rings. The molecule has 0 N–H and O–H groups in total. The second-order valence-electron chi connectivity index (χ2n) is 6.95. The van der Waals surface area contributed by atoms with Crippen LogP contribution in [0.25, 0.3) is 5.69 Å². The first kappa shape index (κ1) is 15.4. The Kier molecular flexibility index (Phi) is 4.10. The lowest BCUT2D eigenvalue weighted by molar-refractivity contribution is 0.00213. The van der Waals surface area contributed by atoms with Crippen molar-refractivity contribution in [3.05, 3.63) is 48.3 Å². The Labute approximate surface area is 142 Å². The van der Waals surface area contributed by atoms with Crippen LogP contribution < -0.4 is 0 Å². The predicted molar refractivity (Wildman–Crippen MR) is 93.3 cm³/mol. The van der Waals surface area contributed by atoms with Crippen molar-refractivity contribution in [2.75, 3.05) is 19.6 Å². The second kappa shape index (κ2) is 6.40. The standard InChI is InChI=1S/C19H24N4O/c1-15-6-2-3-10-22(15)18-13-21(14-18)19(24)16-7-4-8-17(12-16)23-11-5-9-20-23/h4-5,7-9,11-12,15,18H,2-3,6,10,13-14H2,1H3/t15-/m0/s1. The van der Waals surface area contributed by atoms with Crippen molar-refractivity contribution in [1.29, 1.82) is 0 Å². The molecule has 0 saturated carbocycles. The molecule has 1 atom stereocenters. The first-order valence-corrected chi connectivity index (χ1v) is 8.87. The van der Waals surface area contributed by atoms with Crippen LogP contribution in [0.3, 0.4) is 0 Å². The lowest BCUT2D eigenvalue weighted by Gasteiger charge is -2.49. The molecule has 5 heteroatoms. The van der Waals surface area contributed by atoms with Gasteiger partial charge in [-0.25, -0.2) is 4.68 Å². The Morgan fingerprint density at radius 1 is 1.21 bits per heavy atom. The van der Waals surface area contributed by atoms with E-state index in [2.05, 4.69) is 16.9 Å². The van der Waals surface area contributed by atoms with Crippen molar-refractivity contribution in [2.45, 2.75) is 38.3 Å². The molecular weight excluding hydrogens is 300 g/mol. The maximum atomic E-state index is 12.7. The third-order valence-electron chi connectivity index (χ3n) is 5.33. The van der Waals surface area contributed by atoms with E-state index in [-0.39, 0.29) is 5.91 Å². The largest absolute Gasteiger partial charge is 0.335 e.